The van der Waals surface area contributed by atoms with Gasteiger partial charge in [-0.25, -0.2) is 9.59 Å². The van der Waals surface area contributed by atoms with Gasteiger partial charge in [-0.15, -0.1) is 0 Å². The van der Waals surface area contributed by atoms with Crippen molar-refractivity contribution in [1.82, 2.24) is 9.80 Å². The van der Waals surface area contributed by atoms with Crippen LogP contribution in [0.15, 0.2) is 66.7 Å². The van der Waals surface area contributed by atoms with Crippen LogP contribution in [0.5, 0.6) is 0 Å². The molecule has 0 bridgehead atoms. The van der Waals surface area contributed by atoms with E-state index in [9.17, 15) is 14.9 Å². The standard InChI is InChI=1S/C22H21N3O3.C2H2O4/c26-22(21-10-4-7-18-6-1-2-9-20(18)21)24-13-11-23(12-14-24)16-17-5-3-8-19(15-17)25(27)28;3-1(4)2(5)6/h1-10,15H,11-14,16H2;(H,3,4)(H,5,6). The molecule has 1 amide bonds. The van der Waals surface area contributed by atoms with Gasteiger partial charge in [0.15, 0.2) is 0 Å². The second kappa shape index (κ2) is 11.0. The summed E-state index contributed by atoms with van der Waals surface area (Å²) in [6.07, 6.45) is 0. The van der Waals surface area contributed by atoms with Crippen LogP contribution in [0.3, 0.4) is 0 Å². The minimum Gasteiger partial charge on any atom is -0.473 e. The Hall–Kier alpha value is -4.31. The molecule has 1 saturated heterocycles. The molecule has 1 heterocycles. The van der Waals surface area contributed by atoms with Gasteiger partial charge in [0.1, 0.15) is 0 Å². The van der Waals surface area contributed by atoms with Gasteiger partial charge < -0.3 is 15.1 Å². The van der Waals surface area contributed by atoms with E-state index >= 15 is 0 Å². The van der Waals surface area contributed by atoms with Gasteiger partial charge in [-0.1, -0.05) is 48.5 Å². The number of hydrogen-bond donors (Lipinski definition) is 2. The van der Waals surface area contributed by atoms with Gasteiger partial charge in [0.05, 0.1) is 4.92 Å². The van der Waals surface area contributed by atoms with E-state index in [2.05, 4.69) is 4.90 Å². The van der Waals surface area contributed by atoms with Crippen LogP contribution in [0.4, 0.5) is 5.69 Å². The second-order valence-corrected chi connectivity index (χ2v) is 7.63. The molecule has 3 aromatic rings. The van der Waals surface area contributed by atoms with Crippen molar-refractivity contribution < 1.29 is 29.5 Å². The second-order valence-electron chi connectivity index (χ2n) is 7.63. The fourth-order valence-electron chi connectivity index (χ4n) is 3.72. The third kappa shape index (κ3) is 6.14. The topological polar surface area (TPSA) is 141 Å². The largest absolute Gasteiger partial charge is 0.473 e. The SMILES string of the molecule is O=C(O)C(=O)O.O=C(c1cccc2ccccc12)N1CCN(Cc2cccc([N+](=O)[O-])c2)CC1. The molecule has 0 spiro atoms. The molecule has 1 aliphatic rings. The van der Waals surface area contributed by atoms with Crippen LogP contribution in [0.1, 0.15) is 15.9 Å². The van der Waals surface area contributed by atoms with Crippen LogP contribution in [-0.4, -0.2) is 69.0 Å². The number of carboxylic acid groups (broad SMARTS) is 2. The van der Waals surface area contributed by atoms with E-state index in [0.717, 1.165) is 35.0 Å². The Labute approximate surface area is 194 Å². The number of amides is 1. The third-order valence-electron chi connectivity index (χ3n) is 5.39. The molecule has 2 N–H and O–H groups in total. The van der Waals surface area contributed by atoms with Gasteiger partial charge in [-0.05, 0) is 22.4 Å². The number of carbonyl (C=O) groups excluding carboxylic acids is 1. The molecule has 4 rings (SSSR count). The van der Waals surface area contributed by atoms with E-state index in [1.807, 2.05) is 53.4 Å². The smallest absolute Gasteiger partial charge is 0.414 e. The Bertz CT molecular complexity index is 1200. The van der Waals surface area contributed by atoms with Crippen molar-refractivity contribution in [3.05, 3.63) is 88.0 Å². The molecule has 176 valence electrons. The van der Waals surface area contributed by atoms with Crippen LogP contribution < -0.4 is 0 Å². The monoisotopic (exact) mass is 465 g/mol. The van der Waals surface area contributed by atoms with Gasteiger partial charge in [0.2, 0.25) is 0 Å². The maximum Gasteiger partial charge on any atom is 0.414 e. The number of benzene rings is 3. The number of fused-ring (bicyclic) bond motifs is 1. The van der Waals surface area contributed by atoms with Crippen LogP contribution in [0.2, 0.25) is 0 Å². The molecule has 0 aliphatic carbocycles. The Morgan fingerprint density at radius 3 is 2.12 bits per heavy atom. The Kier molecular flexibility index (Phi) is 7.88. The molecule has 1 aliphatic heterocycles. The van der Waals surface area contributed by atoms with Crippen molar-refractivity contribution in [2.45, 2.75) is 6.54 Å². The number of carboxylic acids is 2. The van der Waals surface area contributed by atoms with Gasteiger partial charge in [0, 0.05) is 50.4 Å². The zero-order valence-electron chi connectivity index (χ0n) is 18.2. The average Bonchev–Trinajstić information content (AvgIpc) is 2.84. The normalized spacial score (nSPS) is 13.6. The van der Waals surface area contributed by atoms with E-state index < -0.39 is 11.9 Å². The lowest BCUT2D eigenvalue weighted by atomic mass is 10.0. The summed E-state index contributed by atoms with van der Waals surface area (Å²) in [5.41, 5.74) is 1.77. The predicted molar refractivity (Wildman–Crippen MR) is 123 cm³/mol. The minimum atomic E-state index is -1.82. The fourth-order valence-corrected chi connectivity index (χ4v) is 3.72. The Morgan fingerprint density at radius 1 is 0.853 bits per heavy atom. The Balaban J connectivity index is 0.000000481. The fraction of sp³-hybridized carbons (Fsp3) is 0.208. The molecule has 0 aromatic heterocycles. The lowest BCUT2D eigenvalue weighted by Crippen LogP contribution is -2.48. The number of nitro benzene ring substituents is 1. The van der Waals surface area contributed by atoms with Crippen molar-refractivity contribution in [3.63, 3.8) is 0 Å². The summed E-state index contributed by atoms with van der Waals surface area (Å²) in [4.78, 5) is 45.9. The molecule has 0 radical (unpaired) electrons. The van der Waals surface area contributed by atoms with E-state index in [-0.39, 0.29) is 16.5 Å². The lowest BCUT2D eigenvalue weighted by molar-refractivity contribution is -0.384. The summed E-state index contributed by atoms with van der Waals surface area (Å²) >= 11 is 0. The molecule has 34 heavy (non-hydrogen) atoms. The number of nitro groups is 1. The predicted octanol–water partition coefficient (Wildman–Crippen LogP) is 2.86. The highest BCUT2D eigenvalue weighted by Crippen LogP contribution is 2.21. The zero-order chi connectivity index (χ0) is 24.7. The molecule has 0 atom stereocenters. The highest BCUT2D eigenvalue weighted by molar-refractivity contribution is 6.27. The Morgan fingerprint density at radius 2 is 1.47 bits per heavy atom. The highest BCUT2D eigenvalue weighted by Gasteiger charge is 2.23. The van der Waals surface area contributed by atoms with Crippen LogP contribution in [0.25, 0.3) is 10.8 Å². The first-order chi connectivity index (χ1) is 16.3. The molecule has 0 unspecified atom stereocenters. The van der Waals surface area contributed by atoms with Crippen molar-refractivity contribution >= 4 is 34.3 Å². The number of hydrogen-bond acceptors (Lipinski definition) is 6. The summed E-state index contributed by atoms with van der Waals surface area (Å²) in [5, 5.41) is 27.8. The van der Waals surface area contributed by atoms with E-state index in [1.165, 1.54) is 6.07 Å². The first kappa shape index (κ1) is 24.3. The summed E-state index contributed by atoms with van der Waals surface area (Å²) < 4.78 is 0. The number of aliphatic carboxylic acids is 2. The number of piperazine rings is 1. The number of carbonyl (C=O) groups is 3. The van der Waals surface area contributed by atoms with Crippen molar-refractivity contribution in [2.24, 2.45) is 0 Å². The quantitative estimate of drug-likeness (QED) is 0.340. The molecule has 1 fully saturated rings. The maximum absolute atomic E-state index is 13.0. The van der Waals surface area contributed by atoms with Crippen LogP contribution in [-0.2, 0) is 16.1 Å². The summed E-state index contributed by atoms with van der Waals surface area (Å²) in [7, 11) is 0. The third-order valence-corrected chi connectivity index (χ3v) is 5.39. The van der Waals surface area contributed by atoms with Crippen LogP contribution in [0, 0.1) is 10.1 Å². The van der Waals surface area contributed by atoms with Crippen molar-refractivity contribution in [3.8, 4) is 0 Å². The van der Waals surface area contributed by atoms with E-state index in [1.54, 1.807) is 12.1 Å². The number of rotatable bonds is 4. The van der Waals surface area contributed by atoms with E-state index in [4.69, 9.17) is 19.8 Å². The maximum atomic E-state index is 13.0. The van der Waals surface area contributed by atoms with Gasteiger partial charge in [-0.3, -0.25) is 19.8 Å². The van der Waals surface area contributed by atoms with Crippen LogP contribution >= 0.6 is 0 Å². The molecule has 10 heteroatoms. The van der Waals surface area contributed by atoms with E-state index in [0.29, 0.717) is 19.6 Å². The minimum absolute atomic E-state index is 0.0619. The number of nitrogens with zero attached hydrogens (tertiary/aromatic N) is 3. The molecular weight excluding hydrogens is 442 g/mol. The van der Waals surface area contributed by atoms with Crippen molar-refractivity contribution in [1.29, 1.82) is 0 Å². The zero-order valence-corrected chi connectivity index (χ0v) is 18.2. The molecular formula is C24H23N3O7. The first-order valence-corrected chi connectivity index (χ1v) is 10.4. The van der Waals surface area contributed by atoms with Gasteiger partial charge in [0.25, 0.3) is 11.6 Å². The first-order valence-electron chi connectivity index (χ1n) is 10.4. The summed E-state index contributed by atoms with van der Waals surface area (Å²) in [6, 6.07) is 20.5. The number of non-ortho nitro benzene ring substituents is 1. The molecule has 10 nitrogen and oxygen atoms in total. The van der Waals surface area contributed by atoms with Gasteiger partial charge >= 0.3 is 11.9 Å². The highest BCUT2D eigenvalue weighted by atomic mass is 16.6. The molecule has 0 saturated carbocycles. The van der Waals surface area contributed by atoms with Crippen molar-refractivity contribution in [2.75, 3.05) is 26.2 Å². The average molecular weight is 465 g/mol. The summed E-state index contributed by atoms with van der Waals surface area (Å²) in [6.45, 7) is 3.45. The van der Waals surface area contributed by atoms with Gasteiger partial charge in [-0.2, -0.15) is 0 Å². The lowest BCUT2D eigenvalue weighted by Gasteiger charge is -2.35. The molecule has 3 aromatic carbocycles. The summed E-state index contributed by atoms with van der Waals surface area (Å²) in [5.74, 6) is -3.59.